The Labute approximate surface area is 93.6 Å². The third-order valence-corrected chi connectivity index (χ3v) is 3.03. The Bertz CT molecular complexity index is 239. The van der Waals surface area contributed by atoms with Gasteiger partial charge in [-0.1, -0.05) is 36.9 Å². The summed E-state index contributed by atoms with van der Waals surface area (Å²) in [5.41, 5.74) is 3.23. The zero-order valence-corrected chi connectivity index (χ0v) is 10.4. The van der Waals surface area contributed by atoms with Crippen molar-refractivity contribution in [3.05, 3.63) is 0 Å². The number of thioether (sulfide) groups is 2. The van der Waals surface area contributed by atoms with Crippen LogP contribution in [0.15, 0.2) is 10.2 Å². The van der Waals surface area contributed by atoms with Crippen molar-refractivity contribution in [2.45, 2.75) is 19.8 Å². The maximum atomic E-state index is 4.14. The Kier molecular flexibility index (Phi) is 5.17. The molecule has 0 atom stereocenters. The topological polar surface area (TPSA) is 40.0 Å². The van der Waals surface area contributed by atoms with Crippen molar-refractivity contribution in [2.24, 2.45) is 10.2 Å². The summed E-state index contributed by atoms with van der Waals surface area (Å²) in [7, 11) is 0. The molecule has 6 heteroatoms. The van der Waals surface area contributed by atoms with Crippen LogP contribution in [-0.2, 0) is 0 Å². The van der Waals surface area contributed by atoms with Crippen LogP contribution >= 0.6 is 23.5 Å². The van der Waals surface area contributed by atoms with Crippen molar-refractivity contribution in [1.29, 1.82) is 0 Å². The van der Waals surface area contributed by atoms with Gasteiger partial charge in [0.1, 0.15) is 0 Å². The fourth-order valence-corrected chi connectivity index (χ4v) is 1.84. The predicted octanol–water partition coefficient (Wildman–Crippen LogP) is 1.96. The second kappa shape index (κ2) is 6.19. The van der Waals surface area contributed by atoms with E-state index in [1.165, 1.54) is 6.42 Å². The minimum Gasteiger partial charge on any atom is -0.273 e. The lowest BCUT2D eigenvalue weighted by atomic mass is 10.3. The van der Waals surface area contributed by atoms with Crippen molar-refractivity contribution >= 4 is 33.9 Å². The smallest absolute Gasteiger partial charge is 0.204 e. The summed E-state index contributed by atoms with van der Waals surface area (Å²) in [6.07, 6.45) is 6.35. The molecular formula is C8H16N4S2. The number of nitrogens with zero attached hydrogens (tertiary/aromatic N) is 3. The number of hydrogen-bond donors (Lipinski definition) is 1. The zero-order valence-electron chi connectivity index (χ0n) is 8.78. The zero-order chi connectivity index (χ0) is 10.4. The van der Waals surface area contributed by atoms with Crippen LogP contribution in [0, 0.1) is 0 Å². The Morgan fingerprint density at radius 3 is 2.64 bits per heavy atom. The molecule has 80 valence electrons. The van der Waals surface area contributed by atoms with E-state index in [4.69, 9.17) is 0 Å². The average molecular weight is 232 g/mol. The van der Waals surface area contributed by atoms with E-state index in [2.05, 4.69) is 27.6 Å². The second-order valence-electron chi connectivity index (χ2n) is 2.81. The van der Waals surface area contributed by atoms with Gasteiger partial charge >= 0.3 is 0 Å². The summed E-state index contributed by atoms with van der Waals surface area (Å²) in [4.78, 5) is 0. The first-order valence-corrected chi connectivity index (χ1v) is 7.04. The highest BCUT2D eigenvalue weighted by atomic mass is 32.2. The molecular weight excluding hydrogens is 216 g/mol. The third kappa shape index (κ3) is 3.09. The molecule has 0 saturated heterocycles. The molecule has 0 amide bonds. The van der Waals surface area contributed by atoms with Crippen molar-refractivity contribution in [1.82, 2.24) is 10.4 Å². The fourth-order valence-electron chi connectivity index (χ4n) is 1.03. The number of unbranched alkanes of at least 4 members (excludes halogenated alkanes) is 1. The van der Waals surface area contributed by atoms with Crippen LogP contribution < -0.4 is 5.43 Å². The van der Waals surface area contributed by atoms with Gasteiger partial charge in [-0.3, -0.25) is 10.4 Å². The van der Waals surface area contributed by atoms with Gasteiger partial charge in [0.2, 0.25) is 10.3 Å². The molecule has 0 saturated carbocycles. The number of nitrogens with one attached hydrogen (secondary N) is 1. The molecule has 1 heterocycles. The summed E-state index contributed by atoms with van der Waals surface area (Å²) in [5.74, 6) is 0. The van der Waals surface area contributed by atoms with Gasteiger partial charge in [-0.2, -0.15) is 0 Å². The molecule has 0 aromatic rings. The molecule has 1 aliphatic rings. The summed E-state index contributed by atoms with van der Waals surface area (Å²) in [5, 5.41) is 12.1. The molecule has 1 aliphatic heterocycles. The second-order valence-corrected chi connectivity index (χ2v) is 4.38. The van der Waals surface area contributed by atoms with Gasteiger partial charge < -0.3 is 0 Å². The standard InChI is InChI=1S/C8H16N4S2/c1-4-5-6-12-8(14-3)10-9-7(11-12)13-2/h4-6H2,1-3H3,(H,9,11). The Morgan fingerprint density at radius 1 is 1.29 bits per heavy atom. The predicted molar refractivity (Wildman–Crippen MR) is 66.6 cm³/mol. The van der Waals surface area contributed by atoms with Crippen molar-refractivity contribution in [3.63, 3.8) is 0 Å². The van der Waals surface area contributed by atoms with E-state index in [9.17, 15) is 0 Å². The minimum absolute atomic E-state index is 0.860. The Hall–Kier alpha value is -0.360. The number of hydrogen-bond acceptors (Lipinski definition) is 6. The van der Waals surface area contributed by atoms with Crippen LogP contribution in [0.3, 0.4) is 0 Å². The molecule has 1 N–H and O–H groups in total. The quantitative estimate of drug-likeness (QED) is 0.807. The molecule has 0 aromatic heterocycles. The molecule has 0 bridgehead atoms. The normalized spacial score (nSPS) is 16.1. The molecule has 14 heavy (non-hydrogen) atoms. The number of hydrazine groups is 1. The van der Waals surface area contributed by atoms with Crippen LogP contribution in [-0.4, -0.2) is 34.4 Å². The highest BCUT2D eigenvalue weighted by Gasteiger charge is 2.15. The van der Waals surface area contributed by atoms with Crippen LogP contribution in [0.5, 0.6) is 0 Å². The number of amidine groups is 2. The maximum absolute atomic E-state index is 4.14. The number of rotatable bonds is 3. The minimum atomic E-state index is 0.860. The molecule has 0 aromatic carbocycles. The van der Waals surface area contributed by atoms with Crippen LogP contribution in [0.25, 0.3) is 0 Å². The lowest BCUT2D eigenvalue weighted by Crippen LogP contribution is -2.46. The largest absolute Gasteiger partial charge is 0.273 e. The molecule has 0 aliphatic carbocycles. The van der Waals surface area contributed by atoms with Crippen LogP contribution in [0.2, 0.25) is 0 Å². The van der Waals surface area contributed by atoms with E-state index in [0.717, 1.165) is 23.3 Å². The van der Waals surface area contributed by atoms with E-state index in [-0.39, 0.29) is 0 Å². The maximum Gasteiger partial charge on any atom is 0.204 e. The van der Waals surface area contributed by atoms with Crippen molar-refractivity contribution < 1.29 is 0 Å². The van der Waals surface area contributed by atoms with E-state index in [1.54, 1.807) is 23.5 Å². The van der Waals surface area contributed by atoms with Crippen molar-refractivity contribution in [3.8, 4) is 0 Å². The first-order chi connectivity index (χ1) is 6.81. The lowest BCUT2D eigenvalue weighted by Gasteiger charge is -2.27. The first-order valence-electron chi connectivity index (χ1n) is 4.59. The molecule has 4 nitrogen and oxygen atoms in total. The van der Waals surface area contributed by atoms with Crippen LogP contribution in [0.1, 0.15) is 19.8 Å². The van der Waals surface area contributed by atoms with Gasteiger partial charge in [0.05, 0.1) is 0 Å². The summed E-state index contributed by atoms with van der Waals surface area (Å²) in [6, 6.07) is 0. The molecule has 1 rings (SSSR count). The van der Waals surface area contributed by atoms with E-state index >= 15 is 0 Å². The lowest BCUT2D eigenvalue weighted by molar-refractivity contribution is 0.371. The highest BCUT2D eigenvalue weighted by molar-refractivity contribution is 8.13. The molecule has 0 fully saturated rings. The first kappa shape index (κ1) is 11.7. The summed E-state index contributed by atoms with van der Waals surface area (Å²) in [6.45, 7) is 3.17. The molecule has 0 spiro atoms. The summed E-state index contributed by atoms with van der Waals surface area (Å²) >= 11 is 3.19. The van der Waals surface area contributed by atoms with Gasteiger partial charge in [0.25, 0.3) is 0 Å². The monoisotopic (exact) mass is 232 g/mol. The SMILES string of the molecule is CCCCN1NC(SC)=NN=C1SC. The van der Waals surface area contributed by atoms with Gasteiger partial charge in [0, 0.05) is 6.54 Å². The Balaban J connectivity index is 2.58. The molecule has 0 radical (unpaired) electrons. The van der Waals surface area contributed by atoms with E-state index in [0.29, 0.717) is 0 Å². The fraction of sp³-hybridized carbons (Fsp3) is 0.750. The van der Waals surface area contributed by atoms with E-state index in [1.807, 2.05) is 12.5 Å². The van der Waals surface area contributed by atoms with Gasteiger partial charge in [-0.05, 0) is 18.9 Å². The average Bonchev–Trinajstić information content (AvgIpc) is 2.25. The summed E-state index contributed by atoms with van der Waals surface area (Å²) < 4.78 is 0. The van der Waals surface area contributed by atoms with Gasteiger partial charge in [0.15, 0.2) is 0 Å². The molecule has 0 unspecified atom stereocenters. The highest BCUT2D eigenvalue weighted by Crippen LogP contribution is 2.11. The van der Waals surface area contributed by atoms with E-state index < -0.39 is 0 Å². The van der Waals surface area contributed by atoms with Crippen molar-refractivity contribution in [2.75, 3.05) is 19.1 Å². The van der Waals surface area contributed by atoms with Gasteiger partial charge in [-0.15, -0.1) is 10.2 Å². The van der Waals surface area contributed by atoms with Gasteiger partial charge in [-0.25, -0.2) is 0 Å². The third-order valence-electron chi connectivity index (χ3n) is 1.80. The van der Waals surface area contributed by atoms with Crippen LogP contribution in [0.4, 0.5) is 0 Å². The Morgan fingerprint density at radius 2 is 2.07 bits per heavy atom.